The fourth-order valence-electron chi connectivity index (χ4n) is 3.24. The van der Waals surface area contributed by atoms with Gasteiger partial charge in [0.1, 0.15) is 0 Å². The molecule has 2 aromatic rings. The second-order valence-electron chi connectivity index (χ2n) is 8.21. The Morgan fingerprint density at radius 1 is 1.07 bits per heavy atom. The van der Waals surface area contributed by atoms with E-state index in [1.54, 1.807) is 38.2 Å². The number of hydrogen-bond donors (Lipinski definition) is 2. The van der Waals surface area contributed by atoms with Gasteiger partial charge in [-0.3, -0.25) is 4.79 Å². The van der Waals surface area contributed by atoms with Gasteiger partial charge in [-0.25, -0.2) is 5.53 Å². The van der Waals surface area contributed by atoms with Gasteiger partial charge in [0.15, 0.2) is 5.84 Å². The molecule has 0 saturated heterocycles. The van der Waals surface area contributed by atoms with E-state index < -0.39 is 0 Å². The molecule has 0 unspecified atom stereocenters. The molecule has 0 aliphatic heterocycles. The van der Waals surface area contributed by atoms with E-state index in [4.69, 9.17) is 11.4 Å². The molecule has 212 valence electrons. The molecule has 0 radical (unpaired) electrons. The Balaban J connectivity index is 0. The van der Waals surface area contributed by atoms with E-state index in [9.17, 15) is 4.79 Å². The lowest BCUT2D eigenvalue weighted by molar-refractivity contribution is -0.114. The summed E-state index contributed by atoms with van der Waals surface area (Å²) in [5.41, 5.74) is 13.4. The quantitative estimate of drug-likeness (QED) is 0.0405. The topological polar surface area (TPSA) is 94.9 Å². The predicted molar refractivity (Wildman–Crippen MR) is 174 cm³/mol. The number of nitrogens with two attached hydrogens (primary N) is 1. The second-order valence-corrected chi connectivity index (χ2v) is 8.21. The largest absolute Gasteiger partial charge is 0.321 e. The summed E-state index contributed by atoms with van der Waals surface area (Å²) in [5, 5.41) is 6.84. The van der Waals surface area contributed by atoms with Crippen molar-refractivity contribution in [3.05, 3.63) is 120 Å². The highest BCUT2D eigenvalue weighted by molar-refractivity contribution is 6.07. The lowest BCUT2D eigenvalue weighted by Gasteiger charge is -2.22. The van der Waals surface area contributed by atoms with Crippen molar-refractivity contribution in [3.8, 4) is 12.8 Å². The van der Waals surface area contributed by atoms with Gasteiger partial charge in [0.05, 0.1) is 5.69 Å². The number of nitrogens with zero attached hydrogens (tertiary/aromatic N) is 3. The molecule has 2 rings (SSSR count). The first-order chi connectivity index (χ1) is 19.2. The van der Waals surface area contributed by atoms with E-state index in [1.165, 1.54) is 16.0 Å². The van der Waals surface area contributed by atoms with Crippen LogP contribution < -0.4 is 10.7 Å². The molecule has 0 saturated carbocycles. The summed E-state index contributed by atoms with van der Waals surface area (Å²) in [4.78, 5) is 13.8. The molecule has 0 bridgehead atoms. The normalized spacial score (nSPS) is 11.0. The highest BCUT2D eigenvalue weighted by Gasteiger charge is 2.17. The Morgan fingerprint density at radius 2 is 1.68 bits per heavy atom. The van der Waals surface area contributed by atoms with E-state index in [0.717, 1.165) is 17.6 Å². The third-order valence-corrected chi connectivity index (χ3v) is 5.35. The Hall–Kier alpha value is -4.76. The van der Waals surface area contributed by atoms with Crippen molar-refractivity contribution < 1.29 is 4.79 Å². The average Bonchev–Trinajstić information content (AvgIpc) is 2.99. The molecular weight excluding hydrogens is 494 g/mol. The second kappa shape index (κ2) is 22.2. The van der Waals surface area contributed by atoms with Gasteiger partial charge in [-0.1, -0.05) is 93.3 Å². The van der Waals surface area contributed by atoms with Crippen LogP contribution in [0.5, 0.6) is 0 Å². The summed E-state index contributed by atoms with van der Waals surface area (Å²) < 4.78 is 0. The van der Waals surface area contributed by atoms with Gasteiger partial charge in [0, 0.05) is 23.7 Å². The number of nitrogens with one attached hydrogen (secondary N) is 1. The van der Waals surface area contributed by atoms with Gasteiger partial charge in [0.25, 0.3) is 5.91 Å². The summed E-state index contributed by atoms with van der Waals surface area (Å²) in [5.74, 6) is 5.21. The first kappa shape index (κ1) is 37.4. The number of terminal acetylenes is 1. The number of carbonyl (C=O) groups is 1. The van der Waals surface area contributed by atoms with Crippen molar-refractivity contribution in [3.63, 3.8) is 0 Å². The first-order valence-electron chi connectivity index (χ1n) is 12.9. The summed E-state index contributed by atoms with van der Waals surface area (Å²) in [6.45, 7) is 19.2. The number of amides is 1. The molecule has 0 aliphatic carbocycles. The number of amidine groups is 1. The number of anilines is 1. The molecule has 0 heterocycles. The van der Waals surface area contributed by atoms with Crippen LogP contribution in [0, 0.1) is 18.4 Å². The van der Waals surface area contributed by atoms with Crippen molar-refractivity contribution in [1.29, 1.82) is 5.53 Å². The summed E-state index contributed by atoms with van der Waals surface area (Å²) in [7, 11) is 1.69. The zero-order valence-corrected chi connectivity index (χ0v) is 25.1. The molecular formula is C34H45N5O. The smallest absolute Gasteiger partial charge is 0.253 e. The number of benzene rings is 2. The van der Waals surface area contributed by atoms with Crippen molar-refractivity contribution in [2.75, 3.05) is 11.9 Å². The molecule has 40 heavy (non-hydrogen) atoms. The molecule has 6 heteroatoms. The molecule has 0 atom stereocenters. The molecule has 1 amide bonds. The number of allylic oxidation sites excluding steroid dienone is 7. The standard InChI is InChI=1S/C19H23N5O.C11H14.C2H6.C2H2/c1-6-7-8-9-14(4)16-12-15(18(22-20)23-21)10-11-17(16)24(5)19(25)13(2)3;1-3-10(2)9-11-7-5-4-6-8-11;2*1-2/h6-12,20H,1-2,21H2,3-5H3;3-8H,9H2,1-2H3;1-2H3;1-2H/b8-7-,14-9+,22-20?,23-18-;10-3+;;. The number of hydrogen-bond acceptors (Lipinski definition) is 4. The number of hydrazone groups is 1. The van der Waals surface area contributed by atoms with Gasteiger partial charge >= 0.3 is 0 Å². The lowest BCUT2D eigenvalue weighted by Crippen LogP contribution is -2.27. The van der Waals surface area contributed by atoms with E-state index >= 15 is 0 Å². The average molecular weight is 540 g/mol. The van der Waals surface area contributed by atoms with E-state index in [2.05, 4.69) is 86.5 Å². The summed E-state index contributed by atoms with van der Waals surface area (Å²) >= 11 is 0. The fraction of sp³-hybridized carbons (Fsp3) is 0.235. The Bertz CT molecular complexity index is 1230. The van der Waals surface area contributed by atoms with Crippen LogP contribution >= 0.6 is 0 Å². The molecule has 2 aromatic carbocycles. The maximum absolute atomic E-state index is 12.3. The van der Waals surface area contributed by atoms with Crippen molar-refractivity contribution in [2.24, 2.45) is 16.1 Å². The number of likely N-dealkylation sites (N-methyl/N-ethyl adjacent to an activating group) is 1. The van der Waals surface area contributed by atoms with Gasteiger partial charge in [0.2, 0.25) is 0 Å². The van der Waals surface area contributed by atoms with Gasteiger partial charge in [-0.2, -0.15) is 5.10 Å². The zero-order valence-electron chi connectivity index (χ0n) is 25.1. The summed E-state index contributed by atoms with van der Waals surface area (Å²) in [6.07, 6.45) is 18.5. The van der Waals surface area contributed by atoms with Crippen LogP contribution in [0.3, 0.4) is 0 Å². The van der Waals surface area contributed by atoms with Crippen molar-refractivity contribution >= 4 is 23.0 Å². The number of carbonyl (C=O) groups excluding carboxylic acids is 1. The number of rotatable bonds is 8. The highest BCUT2D eigenvalue weighted by atomic mass is 16.2. The van der Waals surface area contributed by atoms with Crippen LogP contribution in [0.1, 0.15) is 58.2 Å². The minimum atomic E-state index is -0.179. The molecule has 0 aromatic heterocycles. The van der Waals surface area contributed by atoms with E-state index in [0.29, 0.717) is 16.8 Å². The summed E-state index contributed by atoms with van der Waals surface area (Å²) in [6, 6.07) is 15.8. The van der Waals surface area contributed by atoms with Crippen molar-refractivity contribution in [2.45, 2.75) is 48.0 Å². The zero-order chi connectivity index (χ0) is 31.1. The molecule has 0 spiro atoms. The lowest BCUT2D eigenvalue weighted by atomic mass is 10.00. The Kier molecular flexibility index (Phi) is 20.8. The maximum Gasteiger partial charge on any atom is 0.253 e. The van der Waals surface area contributed by atoms with Crippen LogP contribution in [0.4, 0.5) is 5.69 Å². The van der Waals surface area contributed by atoms with Gasteiger partial charge in [-0.05, 0) is 63.5 Å². The van der Waals surface area contributed by atoms with E-state index in [-0.39, 0.29) is 11.7 Å². The van der Waals surface area contributed by atoms with Gasteiger partial charge in [-0.15, -0.1) is 18.0 Å². The minimum absolute atomic E-state index is 0.108. The minimum Gasteiger partial charge on any atom is -0.321 e. The monoisotopic (exact) mass is 539 g/mol. The van der Waals surface area contributed by atoms with Crippen LogP contribution in [-0.4, -0.2) is 18.8 Å². The van der Waals surface area contributed by atoms with Crippen molar-refractivity contribution in [1.82, 2.24) is 0 Å². The predicted octanol–water partition coefficient (Wildman–Crippen LogP) is 8.49. The highest BCUT2D eigenvalue weighted by Crippen LogP contribution is 2.29. The Morgan fingerprint density at radius 3 is 2.15 bits per heavy atom. The van der Waals surface area contributed by atoms with Gasteiger partial charge < -0.3 is 10.7 Å². The van der Waals surface area contributed by atoms with Crippen LogP contribution in [0.15, 0.2) is 113 Å². The van der Waals surface area contributed by atoms with E-state index in [1.807, 2.05) is 39.0 Å². The molecule has 6 nitrogen and oxygen atoms in total. The first-order valence-corrected chi connectivity index (χ1v) is 12.9. The maximum atomic E-state index is 12.3. The molecule has 0 aliphatic rings. The molecule has 3 N–H and O–H groups in total. The van der Waals surface area contributed by atoms with Crippen LogP contribution in [0.2, 0.25) is 0 Å². The van der Waals surface area contributed by atoms with Crippen LogP contribution in [0.25, 0.3) is 5.57 Å². The fourth-order valence-corrected chi connectivity index (χ4v) is 3.24. The Labute approximate surface area is 241 Å². The third-order valence-electron chi connectivity index (χ3n) is 5.35. The van der Waals surface area contributed by atoms with Crippen LogP contribution in [-0.2, 0) is 11.2 Å². The SMILES string of the molecule is C#C.C/C=C(\C)Cc1ccccc1.C=C/C=C\C=C(/C)c1cc(/C(N=N)=N/N)ccc1N(C)C(=O)C(=C)C.CC. The third kappa shape index (κ3) is 13.2. The molecule has 0 fully saturated rings.